The van der Waals surface area contributed by atoms with Crippen LogP contribution in [0.3, 0.4) is 0 Å². The van der Waals surface area contributed by atoms with Gasteiger partial charge < -0.3 is 29.6 Å². The van der Waals surface area contributed by atoms with Gasteiger partial charge in [0.25, 0.3) is 22.7 Å². The number of hydroxylamine groups is 9. The molecular weight excluding hydrogens is 1250 g/mol. The van der Waals surface area contributed by atoms with E-state index in [1.807, 2.05) is 0 Å². The molecule has 1 N–H and O–H groups in total. The van der Waals surface area contributed by atoms with Crippen molar-refractivity contribution in [3.05, 3.63) is 15.6 Å². The molecule has 42 heteroatoms. The van der Waals surface area contributed by atoms with E-state index in [4.69, 9.17) is 0 Å². The highest BCUT2D eigenvalue weighted by molar-refractivity contribution is 7.89. The summed E-state index contributed by atoms with van der Waals surface area (Å²) in [5.74, 6) is -9.58. The molecule has 0 amide bonds. The van der Waals surface area contributed by atoms with Crippen molar-refractivity contribution in [1.82, 2.24) is 9.03 Å². The molecule has 0 unspecified atom stereocenters. The zero-order valence-corrected chi connectivity index (χ0v) is 44.1. The highest BCUT2D eigenvalue weighted by Crippen LogP contribution is 2.57. The van der Waals surface area contributed by atoms with Gasteiger partial charge in [0, 0.05) is 64.6 Å². The van der Waals surface area contributed by atoms with Crippen LogP contribution in [0.25, 0.3) is 0 Å². The van der Waals surface area contributed by atoms with E-state index in [-0.39, 0.29) is 46.3 Å². The Morgan fingerprint density at radius 2 is 0.617 bits per heavy atom. The van der Waals surface area contributed by atoms with E-state index in [0.717, 1.165) is 14.1 Å². The molecule has 0 aliphatic carbocycles. The molecule has 0 aromatic heterocycles. The van der Waals surface area contributed by atoms with Gasteiger partial charge in [-0.1, -0.05) is 7.43 Å². The average Bonchev–Trinajstić information content (AvgIpc) is 3.16. The highest BCUT2D eigenvalue weighted by atomic mass is 32.2. The third-order valence-electron chi connectivity index (χ3n) is 11.5. The molecule has 492 valence electrons. The first-order valence-corrected chi connectivity index (χ1v) is 25.7. The molecule has 81 heavy (non-hydrogen) atoms. The van der Waals surface area contributed by atoms with Crippen LogP contribution in [0, 0.1) is 27.5 Å². The maximum absolute atomic E-state index is 14.4. The summed E-state index contributed by atoms with van der Waals surface area (Å²) in [4.78, 5) is 0. The number of nitrogens with zero attached hydrogens (tertiary/aromatic N) is 4. The minimum absolute atomic E-state index is 0. The van der Waals surface area contributed by atoms with Gasteiger partial charge in [0.1, 0.15) is 0 Å². The van der Waals surface area contributed by atoms with Gasteiger partial charge in [-0.25, -0.2) is 43.4 Å². The summed E-state index contributed by atoms with van der Waals surface area (Å²) >= 11 is 0. The Labute approximate surface area is 446 Å². The fourth-order valence-electron chi connectivity index (χ4n) is 7.12. The first-order valence-electron chi connectivity index (χ1n) is 22.5. The third-order valence-corrected chi connectivity index (χ3v) is 14.9. The predicted octanol–water partition coefficient (Wildman–Crippen LogP) is 12.3. The Morgan fingerprint density at radius 3 is 0.852 bits per heavy atom. The molecule has 0 saturated carbocycles. The van der Waals surface area contributed by atoms with E-state index in [0.29, 0.717) is 4.31 Å². The van der Waals surface area contributed by atoms with E-state index in [1.54, 1.807) is 4.72 Å². The molecule has 0 atom stereocenters. The summed E-state index contributed by atoms with van der Waals surface area (Å²) < 4.78 is 418. The third kappa shape index (κ3) is 25.6. The van der Waals surface area contributed by atoms with Crippen molar-refractivity contribution in [3.63, 3.8) is 0 Å². The summed E-state index contributed by atoms with van der Waals surface area (Å²) in [6.45, 7) is -1.85. The van der Waals surface area contributed by atoms with Crippen LogP contribution in [-0.2, 0) is 20.0 Å². The second-order valence-electron chi connectivity index (χ2n) is 20.0. The zero-order valence-electron chi connectivity index (χ0n) is 42.4. The van der Waals surface area contributed by atoms with Crippen LogP contribution in [0.1, 0.15) is 71.6 Å². The lowest BCUT2D eigenvalue weighted by molar-refractivity contribution is -0.840. The number of quaternary nitrogens is 3. The topological polar surface area (TPSA) is 153 Å². The van der Waals surface area contributed by atoms with Gasteiger partial charge in [-0.2, -0.15) is 105 Å². The minimum Gasteiger partial charge on any atom is -0.633 e. The van der Waals surface area contributed by atoms with Gasteiger partial charge in [-0.3, -0.25) is 0 Å². The Balaban J connectivity index is -0.00000151. The number of nitrogens with one attached hydrogen (secondary N) is 1. The Bertz CT molecular complexity index is 1950. The summed E-state index contributed by atoms with van der Waals surface area (Å²) in [6.07, 6.45) is -72.8. The van der Waals surface area contributed by atoms with Crippen LogP contribution >= 0.6 is 0 Å². The molecule has 0 rings (SSSR count). The van der Waals surface area contributed by atoms with Crippen molar-refractivity contribution in [1.29, 1.82) is 0 Å². The number of halogens is 28. The lowest BCUT2D eigenvalue weighted by Gasteiger charge is -2.37. The Hall–Kier alpha value is -2.38. The summed E-state index contributed by atoms with van der Waals surface area (Å²) in [5, 5.41) is 34.9. The molecule has 0 aromatic rings. The lowest BCUT2D eigenvalue weighted by Crippen LogP contribution is -2.57. The van der Waals surface area contributed by atoms with Crippen molar-refractivity contribution in [2.75, 3.05) is 93.1 Å². The summed E-state index contributed by atoms with van der Waals surface area (Å²) in [7, 11) is -2.28. The fourth-order valence-corrected chi connectivity index (χ4v) is 9.97. The van der Waals surface area contributed by atoms with E-state index < -0.39 is 194 Å². The summed E-state index contributed by atoms with van der Waals surface area (Å²) in [5.41, 5.74) is -25.5. The van der Waals surface area contributed by atoms with E-state index in [1.165, 1.54) is 28.2 Å². The van der Waals surface area contributed by atoms with Crippen LogP contribution in [0.2, 0.25) is 0 Å². The molecule has 12 nitrogen and oxygen atoms in total. The summed E-state index contributed by atoms with van der Waals surface area (Å²) in [6, 6.07) is 0. The number of rotatable bonds is 29. The molecular formula is C39H61F28N5O7S2. The van der Waals surface area contributed by atoms with Gasteiger partial charge >= 0.3 is 49.4 Å². The Kier molecular flexibility index (Phi) is 28.6. The number of hydrogen-bond acceptors (Lipinski definition) is 7. The quantitative estimate of drug-likeness (QED) is 0.0339. The molecule has 0 saturated heterocycles. The number of sulfonamides is 2. The van der Waals surface area contributed by atoms with Crippen molar-refractivity contribution < 1.29 is 154 Å². The van der Waals surface area contributed by atoms with Crippen LogP contribution in [-0.4, -0.2) is 200 Å². The highest BCUT2D eigenvalue weighted by Gasteiger charge is 2.77. The van der Waals surface area contributed by atoms with Crippen molar-refractivity contribution in [3.8, 4) is 0 Å². The lowest BCUT2D eigenvalue weighted by atomic mass is 9.80. The average molecular weight is 1310 g/mol. The minimum atomic E-state index is -6.90. The maximum Gasteiger partial charge on any atom is 0.431 e. The molecule has 0 bridgehead atoms. The SMILES string of the molecule is C.C[N+](C)([O-])CCCN(CCC[N+](C)(C)[O-])S(=O)(=O)CCCC(CC(F)(C(F)(F)F)C(F)(F)F)CC(F)(C(F)(F)F)C(F)(F)F.C[N+](C)([O-])CCCNS(=O)(=O)CCC(CC(F)(C(F)(F)F)C(F)(F)F)CC(F)(C(F)(F)F)C(F)(F)F. The number of alkyl halides is 28. The van der Waals surface area contributed by atoms with Crippen LogP contribution < -0.4 is 4.72 Å². The van der Waals surface area contributed by atoms with Crippen LogP contribution in [0.15, 0.2) is 0 Å². The van der Waals surface area contributed by atoms with E-state index in [9.17, 15) is 155 Å². The Morgan fingerprint density at radius 1 is 0.383 bits per heavy atom. The molecule has 0 aliphatic rings. The van der Waals surface area contributed by atoms with E-state index >= 15 is 0 Å². The smallest absolute Gasteiger partial charge is 0.431 e. The first kappa shape index (κ1) is 82.8. The maximum atomic E-state index is 14.4. The molecule has 0 fully saturated rings. The van der Waals surface area contributed by atoms with Gasteiger partial charge in [-0.15, -0.1) is 0 Å². The normalized spacial score (nSPS) is 15.4. The fraction of sp³-hybridized carbons (Fsp3) is 1.00. The van der Waals surface area contributed by atoms with Crippen LogP contribution in [0.5, 0.6) is 0 Å². The second-order valence-corrected chi connectivity index (χ2v) is 24.1. The number of hydrogen-bond donors (Lipinski definition) is 1. The standard InChI is InChI=1S/C22H35F14N3O4S.C16H22F14N2O3S.CH4/c1-38(2,40)11-6-9-37(10-7-12-39(3,4)41)44(42,43)13-5-8-16(14-17(23,19(25,26)27)20(28,29)30)15-18(24,21(31,32)33)22(34,35)36;1-32(2,33)6-3-5-31-36(34,35)7-4-10(8-11(17,13(19,20)21)14(22,23)24)9-12(18,15(25,26)27)16(28,29)30;/h16H,5-15H2,1-4H3;10,31H,3-9H2,1-2H3;1H4. The molecule has 0 aromatic carbocycles. The van der Waals surface area contributed by atoms with E-state index in [2.05, 4.69) is 0 Å². The van der Waals surface area contributed by atoms with Gasteiger partial charge in [0.2, 0.25) is 20.0 Å². The second kappa shape index (κ2) is 28.0. The van der Waals surface area contributed by atoms with Gasteiger partial charge in [0.15, 0.2) is 0 Å². The van der Waals surface area contributed by atoms with Crippen molar-refractivity contribution in [2.45, 2.75) is 144 Å². The first-order chi connectivity index (χ1) is 34.6. The molecule has 0 heterocycles. The van der Waals surface area contributed by atoms with Crippen LogP contribution in [0.4, 0.5) is 123 Å². The molecule has 0 radical (unpaired) electrons. The van der Waals surface area contributed by atoms with Gasteiger partial charge in [0.05, 0.1) is 73.4 Å². The monoisotopic (exact) mass is 1310 g/mol. The van der Waals surface area contributed by atoms with Crippen molar-refractivity contribution in [2.24, 2.45) is 11.8 Å². The molecule has 0 spiro atoms. The zero-order chi connectivity index (χ0) is 64.7. The van der Waals surface area contributed by atoms with Crippen molar-refractivity contribution >= 4 is 20.0 Å². The largest absolute Gasteiger partial charge is 0.633 e. The van der Waals surface area contributed by atoms with Gasteiger partial charge in [-0.05, 0) is 31.1 Å². The predicted molar refractivity (Wildman–Crippen MR) is 232 cm³/mol. The molecule has 0 aliphatic heterocycles.